The molecule has 146 valence electrons. The van der Waals surface area contributed by atoms with Crippen LogP contribution >= 0.6 is 23.2 Å². The van der Waals surface area contributed by atoms with Crippen LogP contribution in [0.4, 0.5) is 0 Å². The molecule has 0 unspecified atom stereocenters. The van der Waals surface area contributed by atoms with Crippen molar-refractivity contribution in [3.05, 3.63) is 87.7 Å². The molecule has 3 aromatic rings. The summed E-state index contributed by atoms with van der Waals surface area (Å²) in [4.78, 5) is 14.9. The van der Waals surface area contributed by atoms with E-state index in [1.807, 2.05) is 6.07 Å². The first-order chi connectivity index (χ1) is 13.4. The summed E-state index contributed by atoms with van der Waals surface area (Å²) in [5.41, 5.74) is 1.55. The van der Waals surface area contributed by atoms with Gasteiger partial charge in [0.05, 0.1) is 0 Å². The number of rotatable bonds is 7. The van der Waals surface area contributed by atoms with E-state index in [4.69, 9.17) is 23.2 Å². The Labute approximate surface area is 172 Å². The van der Waals surface area contributed by atoms with Crippen molar-refractivity contribution >= 4 is 39.1 Å². The largest absolute Gasteiger partial charge is 0.356 e. The van der Waals surface area contributed by atoms with E-state index < -0.39 is 15.9 Å². The average molecular weight is 438 g/mol. The molecule has 0 fully saturated rings. The van der Waals surface area contributed by atoms with Gasteiger partial charge in [-0.05, 0) is 29.3 Å². The van der Waals surface area contributed by atoms with Crippen LogP contribution in [0, 0.1) is 0 Å². The number of halogens is 2. The van der Waals surface area contributed by atoms with Crippen LogP contribution in [-0.4, -0.2) is 19.3 Å². The fourth-order valence-corrected chi connectivity index (χ4v) is 3.88. The van der Waals surface area contributed by atoms with Crippen LogP contribution in [0.15, 0.2) is 65.7 Å². The van der Waals surface area contributed by atoms with Crippen LogP contribution in [0.2, 0.25) is 10.0 Å². The smallest absolute Gasteiger partial charge is 0.268 e. The molecule has 0 aliphatic heterocycles. The molecule has 0 bridgehead atoms. The van der Waals surface area contributed by atoms with E-state index in [1.165, 1.54) is 12.3 Å². The van der Waals surface area contributed by atoms with Crippen LogP contribution in [0.25, 0.3) is 0 Å². The quantitative estimate of drug-likeness (QED) is 0.525. The topological polar surface area (TPSA) is 91.1 Å². The van der Waals surface area contributed by atoms with Gasteiger partial charge >= 0.3 is 0 Å². The van der Waals surface area contributed by atoms with Crippen molar-refractivity contribution in [1.29, 1.82) is 0 Å². The predicted octanol–water partition coefficient (Wildman–Crippen LogP) is 3.73. The third kappa shape index (κ3) is 4.94. The Morgan fingerprint density at radius 3 is 2.11 bits per heavy atom. The Balaban J connectivity index is 1.64. The van der Waals surface area contributed by atoms with Gasteiger partial charge < -0.3 is 10.3 Å². The van der Waals surface area contributed by atoms with Crippen molar-refractivity contribution < 1.29 is 13.2 Å². The average Bonchev–Trinajstić information content (AvgIpc) is 3.18. The molecule has 0 aliphatic carbocycles. The molecule has 0 saturated heterocycles. The Hall–Kier alpha value is -2.32. The van der Waals surface area contributed by atoms with Gasteiger partial charge in [0.15, 0.2) is 0 Å². The molecule has 0 aliphatic rings. The minimum absolute atomic E-state index is 0.0394. The van der Waals surface area contributed by atoms with Gasteiger partial charge in [-0.25, -0.2) is 13.1 Å². The molecule has 1 amide bonds. The van der Waals surface area contributed by atoms with E-state index >= 15 is 0 Å². The van der Waals surface area contributed by atoms with Crippen molar-refractivity contribution in [2.75, 3.05) is 0 Å². The van der Waals surface area contributed by atoms with Crippen molar-refractivity contribution in [3.8, 4) is 0 Å². The number of aromatic nitrogens is 1. The summed E-state index contributed by atoms with van der Waals surface area (Å²) in [6.45, 7) is 0.269. The molecule has 1 heterocycles. The predicted molar refractivity (Wildman–Crippen MR) is 109 cm³/mol. The second-order valence-electron chi connectivity index (χ2n) is 5.94. The van der Waals surface area contributed by atoms with Crippen LogP contribution < -0.4 is 10.0 Å². The summed E-state index contributed by atoms with van der Waals surface area (Å²) in [6.07, 6.45) is 1.26. The zero-order valence-corrected chi connectivity index (χ0v) is 16.9. The molecule has 3 rings (SSSR count). The molecule has 0 spiro atoms. The van der Waals surface area contributed by atoms with Crippen LogP contribution in [0.3, 0.4) is 0 Å². The SMILES string of the molecule is O=C(NCc1ccccc1Cl)c1cc(S(=O)(=O)NCc2ccccc2Cl)c[nH]1. The standard InChI is InChI=1S/C19H17Cl2N3O3S/c20-16-7-3-1-5-13(16)10-23-19(25)18-9-15(12-22-18)28(26,27)24-11-14-6-2-4-8-17(14)21/h1-9,12,22,24H,10-11H2,(H,23,25). The Bertz CT molecular complexity index is 1100. The molecular formula is C19H17Cl2N3O3S. The zero-order chi connectivity index (χ0) is 20.1. The number of aromatic amines is 1. The number of nitrogens with one attached hydrogen (secondary N) is 3. The van der Waals surface area contributed by atoms with E-state index in [9.17, 15) is 13.2 Å². The van der Waals surface area contributed by atoms with E-state index in [0.29, 0.717) is 15.6 Å². The van der Waals surface area contributed by atoms with E-state index in [2.05, 4.69) is 15.0 Å². The highest BCUT2D eigenvalue weighted by molar-refractivity contribution is 7.89. The molecule has 6 nitrogen and oxygen atoms in total. The van der Waals surface area contributed by atoms with Gasteiger partial charge in [0.2, 0.25) is 10.0 Å². The van der Waals surface area contributed by atoms with Crippen molar-refractivity contribution in [2.24, 2.45) is 0 Å². The monoisotopic (exact) mass is 437 g/mol. The van der Waals surface area contributed by atoms with Gasteiger partial charge in [0, 0.05) is 29.3 Å². The number of sulfonamides is 1. The van der Waals surface area contributed by atoms with E-state index in [1.54, 1.807) is 42.5 Å². The molecule has 0 radical (unpaired) electrons. The zero-order valence-electron chi connectivity index (χ0n) is 14.6. The number of carbonyl (C=O) groups is 1. The summed E-state index contributed by atoms with van der Waals surface area (Å²) >= 11 is 12.1. The third-order valence-electron chi connectivity index (χ3n) is 4.02. The molecule has 3 N–H and O–H groups in total. The minimum Gasteiger partial charge on any atom is -0.356 e. The molecule has 2 aromatic carbocycles. The maximum Gasteiger partial charge on any atom is 0.268 e. The van der Waals surface area contributed by atoms with Gasteiger partial charge in [-0.15, -0.1) is 0 Å². The molecule has 0 saturated carbocycles. The first-order valence-electron chi connectivity index (χ1n) is 8.30. The highest BCUT2D eigenvalue weighted by Gasteiger charge is 2.19. The number of amides is 1. The lowest BCUT2D eigenvalue weighted by atomic mass is 10.2. The molecule has 1 aromatic heterocycles. The van der Waals surface area contributed by atoms with Gasteiger partial charge in [0.1, 0.15) is 10.6 Å². The van der Waals surface area contributed by atoms with Gasteiger partial charge in [-0.3, -0.25) is 4.79 Å². The summed E-state index contributed by atoms with van der Waals surface area (Å²) in [7, 11) is -3.80. The van der Waals surface area contributed by atoms with Crippen molar-refractivity contribution in [2.45, 2.75) is 18.0 Å². The molecule has 0 atom stereocenters. The lowest BCUT2D eigenvalue weighted by Crippen LogP contribution is -2.24. The third-order valence-corrected chi connectivity index (χ3v) is 6.14. The number of benzene rings is 2. The van der Waals surface area contributed by atoms with Gasteiger partial charge in [-0.2, -0.15) is 0 Å². The number of hydrogen-bond donors (Lipinski definition) is 3. The van der Waals surface area contributed by atoms with Crippen molar-refractivity contribution in [1.82, 2.24) is 15.0 Å². The van der Waals surface area contributed by atoms with Crippen LogP contribution in [-0.2, 0) is 23.1 Å². The van der Waals surface area contributed by atoms with Crippen molar-refractivity contribution in [3.63, 3.8) is 0 Å². The van der Waals surface area contributed by atoms with E-state index in [0.717, 1.165) is 5.56 Å². The normalized spacial score (nSPS) is 11.4. The Kier molecular flexibility index (Phi) is 6.41. The fourth-order valence-electron chi connectivity index (χ4n) is 2.47. The lowest BCUT2D eigenvalue weighted by molar-refractivity contribution is 0.0946. The summed E-state index contributed by atoms with van der Waals surface area (Å²) in [6, 6.07) is 15.4. The lowest BCUT2D eigenvalue weighted by Gasteiger charge is -2.07. The number of hydrogen-bond acceptors (Lipinski definition) is 3. The number of H-pyrrole nitrogens is 1. The summed E-state index contributed by atoms with van der Waals surface area (Å²) in [5.74, 6) is -0.438. The highest BCUT2D eigenvalue weighted by atomic mass is 35.5. The first-order valence-corrected chi connectivity index (χ1v) is 10.5. The molecular weight excluding hydrogens is 421 g/mol. The second-order valence-corrected chi connectivity index (χ2v) is 8.52. The Morgan fingerprint density at radius 2 is 1.50 bits per heavy atom. The van der Waals surface area contributed by atoms with Gasteiger partial charge in [-0.1, -0.05) is 59.6 Å². The van der Waals surface area contributed by atoms with Crippen LogP contribution in [0.1, 0.15) is 21.6 Å². The van der Waals surface area contributed by atoms with Gasteiger partial charge in [0.25, 0.3) is 5.91 Å². The van der Waals surface area contributed by atoms with Crippen LogP contribution in [0.5, 0.6) is 0 Å². The first kappa shape index (κ1) is 20.4. The number of carbonyl (C=O) groups excluding carboxylic acids is 1. The van der Waals surface area contributed by atoms with E-state index in [-0.39, 0.29) is 23.7 Å². The highest BCUT2D eigenvalue weighted by Crippen LogP contribution is 2.17. The summed E-state index contributed by atoms with van der Waals surface area (Å²) in [5, 5.41) is 3.71. The fraction of sp³-hybridized carbons (Fsp3) is 0.105. The maximum absolute atomic E-state index is 12.5. The maximum atomic E-state index is 12.5. The molecule has 9 heteroatoms. The molecule has 28 heavy (non-hydrogen) atoms. The summed E-state index contributed by atoms with van der Waals surface area (Å²) < 4.78 is 27.4. The minimum atomic E-state index is -3.80. The second kappa shape index (κ2) is 8.79. The Morgan fingerprint density at radius 1 is 0.929 bits per heavy atom.